The zero-order chi connectivity index (χ0) is 22.0. The Morgan fingerprint density at radius 1 is 1.16 bits per heavy atom. The zero-order valence-corrected chi connectivity index (χ0v) is 17.6. The number of thiocarbonyl (C=S) groups is 1. The van der Waals surface area contributed by atoms with Gasteiger partial charge in [0.15, 0.2) is 4.32 Å². The predicted molar refractivity (Wildman–Crippen MR) is 122 cm³/mol. The van der Waals surface area contributed by atoms with Gasteiger partial charge in [0.25, 0.3) is 5.91 Å². The van der Waals surface area contributed by atoms with Crippen molar-refractivity contribution in [3.8, 4) is 11.3 Å². The number of thioether (sulfide) groups is 1. The summed E-state index contributed by atoms with van der Waals surface area (Å²) in [6.45, 7) is -0.0676. The number of benzene rings is 2. The van der Waals surface area contributed by atoms with Crippen molar-refractivity contribution in [2.45, 2.75) is 6.61 Å². The minimum absolute atomic E-state index is 0.0290. The maximum atomic E-state index is 12.8. The van der Waals surface area contributed by atoms with E-state index in [0.717, 1.165) is 27.9 Å². The van der Waals surface area contributed by atoms with Crippen LogP contribution in [0.1, 0.15) is 21.7 Å². The molecule has 0 saturated carbocycles. The van der Waals surface area contributed by atoms with Gasteiger partial charge in [0.1, 0.15) is 11.5 Å². The van der Waals surface area contributed by atoms with Gasteiger partial charge in [0.05, 0.1) is 22.8 Å². The molecule has 3 aromatic rings. The first kappa shape index (κ1) is 20.9. The van der Waals surface area contributed by atoms with Crippen LogP contribution in [0.3, 0.4) is 0 Å². The summed E-state index contributed by atoms with van der Waals surface area (Å²) >= 11 is 6.38. The number of carbonyl (C=O) groups excluding carboxylic acids is 1. The SMILES string of the molecule is O=C(O)c1ccccc1NN1C(=O)C(=Cc2ccc(-c3cccc(CO)c3)o2)SC1=S. The number of hydrogen-bond acceptors (Lipinski definition) is 7. The van der Waals surface area contributed by atoms with E-state index in [9.17, 15) is 19.8 Å². The molecule has 7 nitrogen and oxygen atoms in total. The van der Waals surface area contributed by atoms with Crippen molar-refractivity contribution in [3.63, 3.8) is 0 Å². The van der Waals surface area contributed by atoms with Crippen LogP contribution in [-0.2, 0) is 11.4 Å². The number of aliphatic hydroxyl groups is 1. The second kappa shape index (κ2) is 8.76. The number of anilines is 1. The minimum Gasteiger partial charge on any atom is -0.478 e. The van der Waals surface area contributed by atoms with E-state index >= 15 is 0 Å². The number of rotatable bonds is 6. The van der Waals surface area contributed by atoms with Gasteiger partial charge in [-0.1, -0.05) is 42.1 Å². The highest BCUT2D eigenvalue weighted by Gasteiger charge is 2.33. The summed E-state index contributed by atoms with van der Waals surface area (Å²) in [7, 11) is 0. The molecule has 0 aliphatic carbocycles. The summed E-state index contributed by atoms with van der Waals surface area (Å²) in [5.41, 5.74) is 4.66. The van der Waals surface area contributed by atoms with E-state index in [1.165, 1.54) is 6.07 Å². The van der Waals surface area contributed by atoms with Gasteiger partial charge < -0.3 is 14.6 Å². The van der Waals surface area contributed by atoms with Crippen molar-refractivity contribution in [3.05, 3.63) is 82.5 Å². The van der Waals surface area contributed by atoms with Gasteiger partial charge in [-0.15, -0.1) is 0 Å². The Morgan fingerprint density at radius 3 is 2.74 bits per heavy atom. The Labute approximate surface area is 187 Å². The van der Waals surface area contributed by atoms with Crippen LogP contribution in [0.5, 0.6) is 0 Å². The lowest BCUT2D eigenvalue weighted by molar-refractivity contribution is -0.121. The van der Waals surface area contributed by atoms with Crippen LogP contribution in [0, 0.1) is 0 Å². The van der Waals surface area contributed by atoms with Gasteiger partial charge in [-0.3, -0.25) is 10.2 Å². The number of aromatic carboxylic acids is 1. The number of carboxylic acid groups (broad SMARTS) is 1. The summed E-state index contributed by atoms with van der Waals surface area (Å²) in [5, 5.41) is 19.8. The van der Waals surface area contributed by atoms with Gasteiger partial charge in [-0.2, -0.15) is 0 Å². The van der Waals surface area contributed by atoms with Crippen LogP contribution in [0.25, 0.3) is 17.4 Å². The van der Waals surface area contributed by atoms with Gasteiger partial charge >= 0.3 is 5.97 Å². The third-order valence-electron chi connectivity index (χ3n) is 4.48. The summed E-state index contributed by atoms with van der Waals surface area (Å²) in [5.74, 6) is -0.450. The highest BCUT2D eigenvalue weighted by molar-refractivity contribution is 8.26. The maximum absolute atomic E-state index is 12.8. The van der Waals surface area contributed by atoms with Crippen LogP contribution >= 0.6 is 24.0 Å². The first-order valence-electron chi connectivity index (χ1n) is 9.13. The van der Waals surface area contributed by atoms with Crippen LogP contribution in [0.15, 0.2) is 70.0 Å². The second-order valence-electron chi connectivity index (χ2n) is 6.54. The Balaban J connectivity index is 1.55. The van der Waals surface area contributed by atoms with Crippen molar-refractivity contribution in [1.82, 2.24) is 5.01 Å². The molecule has 9 heteroatoms. The molecule has 0 spiro atoms. The minimum atomic E-state index is -1.11. The van der Waals surface area contributed by atoms with E-state index in [1.54, 1.807) is 36.4 Å². The van der Waals surface area contributed by atoms with Gasteiger partial charge in [-0.25, -0.2) is 9.80 Å². The van der Waals surface area contributed by atoms with Gasteiger partial charge in [-0.05, 0) is 48.1 Å². The van der Waals surface area contributed by atoms with E-state index in [0.29, 0.717) is 16.4 Å². The van der Waals surface area contributed by atoms with Crippen molar-refractivity contribution < 1.29 is 24.2 Å². The average molecular weight is 453 g/mol. The Bertz CT molecular complexity index is 1220. The van der Waals surface area contributed by atoms with E-state index in [1.807, 2.05) is 24.3 Å². The Hall–Kier alpha value is -3.40. The molecule has 0 unspecified atom stereocenters. The van der Waals surface area contributed by atoms with Crippen molar-refractivity contribution in [1.29, 1.82) is 0 Å². The Kier molecular flexibility index (Phi) is 5.90. The highest BCUT2D eigenvalue weighted by atomic mass is 32.2. The number of nitrogens with one attached hydrogen (secondary N) is 1. The fraction of sp³-hybridized carbons (Fsp3) is 0.0455. The number of carbonyl (C=O) groups is 2. The first-order valence-corrected chi connectivity index (χ1v) is 10.4. The first-order chi connectivity index (χ1) is 15.0. The topological polar surface area (TPSA) is 103 Å². The molecule has 1 fully saturated rings. The number of nitrogens with zero attached hydrogens (tertiary/aromatic N) is 1. The molecule has 1 amide bonds. The van der Waals surface area contributed by atoms with Gasteiger partial charge in [0, 0.05) is 11.6 Å². The lowest BCUT2D eigenvalue weighted by Gasteiger charge is -2.18. The highest BCUT2D eigenvalue weighted by Crippen LogP contribution is 2.34. The van der Waals surface area contributed by atoms with E-state index in [-0.39, 0.29) is 22.2 Å². The molecule has 2 heterocycles. The molecule has 2 aromatic carbocycles. The molecule has 1 aromatic heterocycles. The van der Waals surface area contributed by atoms with Gasteiger partial charge in [0.2, 0.25) is 0 Å². The van der Waals surface area contributed by atoms with E-state index in [4.69, 9.17) is 16.6 Å². The number of hydrazine groups is 1. The van der Waals surface area contributed by atoms with Crippen LogP contribution in [0.2, 0.25) is 0 Å². The third-order valence-corrected chi connectivity index (χ3v) is 5.78. The summed E-state index contributed by atoms with van der Waals surface area (Å²) in [6, 6.07) is 17.1. The number of para-hydroxylation sites is 1. The van der Waals surface area contributed by atoms with Crippen molar-refractivity contribution >= 4 is 51.9 Å². The molecular formula is C22H16N2O5S2. The quantitative estimate of drug-likeness (QED) is 0.374. The average Bonchev–Trinajstić information content (AvgIpc) is 3.34. The molecular weight excluding hydrogens is 436 g/mol. The predicted octanol–water partition coefficient (Wildman–Crippen LogP) is 4.37. The molecule has 1 aliphatic heterocycles. The fourth-order valence-electron chi connectivity index (χ4n) is 2.99. The molecule has 1 aliphatic rings. The summed E-state index contributed by atoms with van der Waals surface area (Å²) in [6.07, 6.45) is 1.59. The van der Waals surface area contributed by atoms with E-state index < -0.39 is 11.9 Å². The number of hydrogen-bond donors (Lipinski definition) is 3. The monoisotopic (exact) mass is 452 g/mol. The smallest absolute Gasteiger partial charge is 0.337 e. The number of amides is 1. The van der Waals surface area contributed by atoms with Crippen LogP contribution in [-0.4, -0.2) is 31.4 Å². The summed E-state index contributed by atoms with van der Waals surface area (Å²) in [4.78, 5) is 24.6. The lowest BCUT2D eigenvalue weighted by Crippen LogP contribution is -2.34. The number of carboxylic acids is 1. The number of aliphatic hydroxyl groups excluding tert-OH is 1. The summed E-state index contributed by atoms with van der Waals surface area (Å²) < 4.78 is 6.08. The number of furan rings is 1. The second-order valence-corrected chi connectivity index (χ2v) is 8.22. The molecule has 0 radical (unpaired) electrons. The Morgan fingerprint density at radius 2 is 1.97 bits per heavy atom. The molecule has 0 bridgehead atoms. The fourth-order valence-corrected chi connectivity index (χ4v) is 4.15. The van der Waals surface area contributed by atoms with Crippen molar-refractivity contribution in [2.24, 2.45) is 0 Å². The standard InChI is InChI=1S/C22H16N2O5S2/c25-12-13-4-3-5-14(10-13)18-9-8-15(29-18)11-19-20(26)24(22(30)31-19)23-17-7-2-1-6-16(17)21(27)28/h1-11,23,25H,12H2,(H,27,28). The third kappa shape index (κ3) is 4.38. The largest absolute Gasteiger partial charge is 0.478 e. The van der Waals surface area contributed by atoms with E-state index in [2.05, 4.69) is 5.43 Å². The van der Waals surface area contributed by atoms with Crippen LogP contribution < -0.4 is 5.43 Å². The molecule has 31 heavy (non-hydrogen) atoms. The normalized spacial score (nSPS) is 15.0. The molecule has 0 atom stereocenters. The molecule has 1 saturated heterocycles. The maximum Gasteiger partial charge on any atom is 0.337 e. The van der Waals surface area contributed by atoms with Crippen LogP contribution in [0.4, 0.5) is 5.69 Å². The molecule has 156 valence electrons. The molecule has 4 rings (SSSR count). The zero-order valence-electron chi connectivity index (χ0n) is 15.9. The van der Waals surface area contributed by atoms with Crippen molar-refractivity contribution in [2.75, 3.05) is 5.43 Å². The lowest BCUT2D eigenvalue weighted by atomic mass is 10.1. The molecule has 3 N–H and O–H groups in total.